The fraction of sp³-hybridized carbons (Fsp3) is 0.125. The van der Waals surface area contributed by atoms with E-state index in [1.54, 1.807) is 59.1 Å². The lowest BCUT2D eigenvalue weighted by Gasteiger charge is -2.09. The zero-order valence-electron chi connectivity index (χ0n) is 18.0. The minimum atomic E-state index is -0.474. The zero-order valence-corrected chi connectivity index (χ0v) is 18.0. The number of aromatic nitrogens is 3. The van der Waals surface area contributed by atoms with Crippen LogP contribution >= 0.6 is 0 Å². The van der Waals surface area contributed by atoms with E-state index in [2.05, 4.69) is 20.7 Å². The van der Waals surface area contributed by atoms with Crippen LogP contribution in [0.15, 0.2) is 60.9 Å². The molecule has 4 N–H and O–H groups in total. The van der Waals surface area contributed by atoms with E-state index in [-0.39, 0.29) is 17.5 Å². The van der Waals surface area contributed by atoms with E-state index in [0.717, 1.165) is 5.69 Å². The summed E-state index contributed by atoms with van der Waals surface area (Å²) in [5.74, 6) is 0.0839. The van der Waals surface area contributed by atoms with Crippen LogP contribution < -0.4 is 16.4 Å². The lowest BCUT2D eigenvalue weighted by atomic mass is 10.0. The number of amides is 2. The number of nitriles is 1. The number of fused-ring (bicyclic) bond motifs is 1. The third-order valence-corrected chi connectivity index (χ3v) is 5.10. The van der Waals surface area contributed by atoms with E-state index in [1.165, 1.54) is 6.33 Å². The van der Waals surface area contributed by atoms with Crippen LogP contribution in [0, 0.1) is 11.3 Å². The Hall–Kier alpha value is -4.71. The summed E-state index contributed by atoms with van der Waals surface area (Å²) >= 11 is 0. The molecule has 0 aliphatic heterocycles. The molecule has 0 bridgehead atoms. The zero-order chi connectivity index (χ0) is 23.5. The summed E-state index contributed by atoms with van der Waals surface area (Å²) in [6, 6.07) is 16.5. The SMILES string of the molecule is CC(C)c1cc(C(=O)c2cccc(NC(=O)Nc3ccc(C#N)cc3)c2)c2c(N)ncnn12. The first-order valence-corrected chi connectivity index (χ1v) is 10.2. The number of anilines is 3. The van der Waals surface area contributed by atoms with Gasteiger partial charge in [-0.2, -0.15) is 10.4 Å². The normalized spacial score (nSPS) is 10.7. The second-order valence-corrected chi connectivity index (χ2v) is 7.72. The fourth-order valence-corrected chi connectivity index (χ4v) is 3.49. The van der Waals surface area contributed by atoms with Crippen molar-refractivity contribution in [2.24, 2.45) is 0 Å². The van der Waals surface area contributed by atoms with Gasteiger partial charge in [0.15, 0.2) is 11.6 Å². The molecule has 0 aliphatic carbocycles. The van der Waals surface area contributed by atoms with E-state index in [1.807, 2.05) is 19.9 Å². The second-order valence-electron chi connectivity index (χ2n) is 7.72. The summed E-state index contributed by atoms with van der Waals surface area (Å²) in [6.07, 6.45) is 1.36. The van der Waals surface area contributed by atoms with Crippen molar-refractivity contribution < 1.29 is 9.59 Å². The van der Waals surface area contributed by atoms with Crippen molar-refractivity contribution in [3.05, 3.63) is 83.3 Å². The molecule has 0 spiro atoms. The first-order valence-electron chi connectivity index (χ1n) is 10.2. The largest absolute Gasteiger partial charge is 0.382 e. The highest BCUT2D eigenvalue weighted by Gasteiger charge is 2.22. The number of ketones is 1. The second kappa shape index (κ2) is 8.80. The van der Waals surface area contributed by atoms with E-state index in [0.29, 0.717) is 33.6 Å². The highest BCUT2D eigenvalue weighted by atomic mass is 16.2. The molecular formula is C24H21N7O2. The van der Waals surface area contributed by atoms with Gasteiger partial charge in [0.2, 0.25) is 0 Å². The summed E-state index contributed by atoms with van der Waals surface area (Å²) in [5, 5.41) is 18.5. The quantitative estimate of drug-likeness (QED) is 0.399. The molecule has 0 radical (unpaired) electrons. The number of nitrogens with zero attached hydrogens (tertiary/aromatic N) is 4. The molecule has 0 unspecified atom stereocenters. The number of nitrogen functional groups attached to an aromatic ring is 1. The first kappa shape index (κ1) is 21.5. The predicted molar refractivity (Wildman–Crippen MR) is 125 cm³/mol. The van der Waals surface area contributed by atoms with Gasteiger partial charge in [0.25, 0.3) is 0 Å². The number of nitrogens with two attached hydrogens (primary N) is 1. The lowest BCUT2D eigenvalue weighted by Crippen LogP contribution is -2.19. The number of hydrogen-bond donors (Lipinski definition) is 3. The highest BCUT2D eigenvalue weighted by molar-refractivity contribution is 6.15. The van der Waals surface area contributed by atoms with Gasteiger partial charge in [-0.15, -0.1) is 0 Å². The molecule has 4 aromatic rings. The van der Waals surface area contributed by atoms with Crippen molar-refractivity contribution in [3.8, 4) is 6.07 Å². The fourth-order valence-electron chi connectivity index (χ4n) is 3.49. The van der Waals surface area contributed by atoms with Crippen LogP contribution in [0.1, 0.15) is 46.9 Å². The number of carbonyl (C=O) groups is 2. The molecular weight excluding hydrogens is 418 g/mol. The molecule has 2 aromatic carbocycles. The highest BCUT2D eigenvalue weighted by Crippen LogP contribution is 2.27. The molecule has 0 saturated carbocycles. The van der Waals surface area contributed by atoms with Crippen LogP contribution in [0.2, 0.25) is 0 Å². The number of nitrogens with one attached hydrogen (secondary N) is 2. The summed E-state index contributed by atoms with van der Waals surface area (Å²) in [5.41, 5.74) is 9.64. The molecule has 0 aliphatic rings. The lowest BCUT2D eigenvalue weighted by molar-refractivity contribution is 0.104. The van der Waals surface area contributed by atoms with Gasteiger partial charge in [-0.05, 0) is 48.4 Å². The van der Waals surface area contributed by atoms with Gasteiger partial charge >= 0.3 is 6.03 Å². The Morgan fingerprint density at radius 1 is 1.06 bits per heavy atom. The van der Waals surface area contributed by atoms with Crippen LogP contribution in [0.5, 0.6) is 0 Å². The number of rotatable bonds is 5. The van der Waals surface area contributed by atoms with E-state index in [4.69, 9.17) is 11.0 Å². The van der Waals surface area contributed by atoms with Crippen LogP contribution in [0.25, 0.3) is 5.52 Å². The van der Waals surface area contributed by atoms with Gasteiger partial charge in [-0.3, -0.25) is 4.79 Å². The van der Waals surface area contributed by atoms with Gasteiger partial charge in [-0.1, -0.05) is 26.0 Å². The smallest absolute Gasteiger partial charge is 0.323 e. The Labute approximate surface area is 189 Å². The number of urea groups is 1. The molecule has 2 aromatic heterocycles. The van der Waals surface area contributed by atoms with Crippen molar-refractivity contribution in [2.45, 2.75) is 19.8 Å². The van der Waals surface area contributed by atoms with Crippen molar-refractivity contribution in [1.82, 2.24) is 14.6 Å². The van der Waals surface area contributed by atoms with E-state index >= 15 is 0 Å². The van der Waals surface area contributed by atoms with Gasteiger partial charge in [0, 0.05) is 22.6 Å². The Morgan fingerprint density at radius 2 is 1.79 bits per heavy atom. The molecule has 0 fully saturated rings. The Balaban J connectivity index is 1.58. The van der Waals surface area contributed by atoms with Crippen LogP contribution in [0.4, 0.5) is 22.0 Å². The number of carbonyl (C=O) groups excluding carboxylic acids is 2. The molecule has 0 atom stereocenters. The molecule has 164 valence electrons. The minimum absolute atomic E-state index is 0.118. The van der Waals surface area contributed by atoms with Crippen molar-refractivity contribution in [1.29, 1.82) is 5.26 Å². The standard InChI is InChI=1S/C24H21N7O2/c1-14(2)20-11-19(21-23(26)27-13-28-31(20)21)22(32)16-4-3-5-18(10-16)30-24(33)29-17-8-6-15(12-25)7-9-17/h3-11,13-14H,1-2H3,(H2,26,27,28)(H2,29,30,33). The average Bonchev–Trinajstić information content (AvgIpc) is 3.20. The molecule has 4 rings (SSSR count). The van der Waals surface area contributed by atoms with Crippen LogP contribution in [-0.2, 0) is 0 Å². The average molecular weight is 439 g/mol. The van der Waals surface area contributed by atoms with Gasteiger partial charge in [0.1, 0.15) is 11.8 Å². The Kier molecular flexibility index (Phi) is 5.74. The molecule has 0 saturated heterocycles. The van der Waals surface area contributed by atoms with E-state index < -0.39 is 6.03 Å². The topological polar surface area (TPSA) is 138 Å². The van der Waals surface area contributed by atoms with Crippen molar-refractivity contribution in [3.63, 3.8) is 0 Å². The van der Waals surface area contributed by atoms with Gasteiger partial charge in [-0.25, -0.2) is 14.3 Å². The van der Waals surface area contributed by atoms with Crippen molar-refractivity contribution >= 4 is 34.5 Å². The molecule has 9 heteroatoms. The number of hydrogen-bond acceptors (Lipinski definition) is 6. The monoisotopic (exact) mass is 439 g/mol. The summed E-state index contributed by atoms with van der Waals surface area (Å²) in [6.45, 7) is 4.01. The molecule has 33 heavy (non-hydrogen) atoms. The summed E-state index contributed by atoms with van der Waals surface area (Å²) < 4.78 is 1.65. The Bertz CT molecular complexity index is 1400. The van der Waals surface area contributed by atoms with Gasteiger partial charge < -0.3 is 16.4 Å². The molecule has 2 heterocycles. The van der Waals surface area contributed by atoms with Crippen LogP contribution in [-0.4, -0.2) is 26.4 Å². The minimum Gasteiger partial charge on any atom is -0.382 e. The maximum absolute atomic E-state index is 13.4. The molecule has 9 nitrogen and oxygen atoms in total. The van der Waals surface area contributed by atoms with Crippen molar-refractivity contribution in [2.75, 3.05) is 16.4 Å². The van der Waals surface area contributed by atoms with E-state index in [9.17, 15) is 9.59 Å². The summed E-state index contributed by atoms with van der Waals surface area (Å²) in [4.78, 5) is 29.8. The maximum atomic E-state index is 13.4. The first-order chi connectivity index (χ1) is 15.9. The maximum Gasteiger partial charge on any atom is 0.323 e. The Morgan fingerprint density at radius 3 is 2.48 bits per heavy atom. The third-order valence-electron chi connectivity index (χ3n) is 5.10. The predicted octanol–water partition coefficient (Wildman–Crippen LogP) is 4.18. The summed E-state index contributed by atoms with van der Waals surface area (Å²) in [7, 11) is 0. The van der Waals surface area contributed by atoms with Crippen LogP contribution in [0.3, 0.4) is 0 Å². The third kappa shape index (κ3) is 4.36. The van der Waals surface area contributed by atoms with Gasteiger partial charge in [0.05, 0.1) is 17.2 Å². The number of benzene rings is 2. The molecule has 2 amide bonds.